The normalized spacial score (nSPS) is 15.3. The monoisotopic (exact) mass is 495 g/mol. The van der Waals surface area contributed by atoms with Crippen molar-refractivity contribution < 1.29 is 23.9 Å². The molecule has 2 amide bonds. The van der Waals surface area contributed by atoms with Gasteiger partial charge in [0.1, 0.15) is 17.1 Å². The van der Waals surface area contributed by atoms with Crippen LogP contribution in [0.25, 0.3) is 17.4 Å². The fourth-order valence-electron chi connectivity index (χ4n) is 3.01. The molecule has 2 aromatic carbocycles. The van der Waals surface area contributed by atoms with E-state index in [1.165, 1.54) is 23.1 Å². The van der Waals surface area contributed by atoms with Crippen LogP contribution in [0.5, 0.6) is 0 Å². The van der Waals surface area contributed by atoms with Crippen molar-refractivity contribution in [2.45, 2.75) is 0 Å². The smallest absolute Gasteiger partial charge is 0.270 e. The molecule has 0 atom stereocenters. The van der Waals surface area contributed by atoms with E-state index >= 15 is 0 Å². The molecule has 1 fully saturated rings. The van der Waals surface area contributed by atoms with E-state index in [1.807, 2.05) is 0 Å². The topological polar surface area (TPSA) is 103 Å². The highest BCUT2D eigenvalue weighted by Gasteiger charge is 2.34. The summed E-state index contributed by atoms with van der Waals surface area (Å²) < 4.78 is 6.48. The number of thiocarbonyl (C=S) groups is 1. The van der Waals surface area contributed by atoms with Gasteiger partial charge in [-0.05, 0) is 54.2 Å². The number of amides is 2. The van der Waals surface area contributed by atoms with Gasteiger partial charge >= 0.3 is 0 Å². The average Bonchev–Trinajstić information content (AvgIpc) is 3.20. The van der Waals surface area contributed by atoms with Crippen molar-refractivity contribution in [3.05, 3.63) is 82.0 Å². The number of nitrogens with zero attached hydrogens (tertiary/aromatic N) is 1. The highest BCUT2D eigenvalue weighted by atomic mass is 79.9. The number of carboxylic acids is 1. The van der Waals surface area contributed by atoms with E-state index in [0.717, 1.165) is 4.47 Å². The lowest BCUT2D eigenvalue weighted by molar-refractivity contribution is -0.255. The first kappa shape index (κ1) is 20.7. The van der Waals surface area contributed by atoms with Crippen LogP contribution >= 0.6 is 28.1 Å². The Hall–Kier alpha value is -3.56. The van der Waals surface area contributed by atoms with Gasteiger partial charge in [-0.2, -0.15) is 0 Å². The Labute approximate surface area is 190 Å². The Balaban J connectivity index is 1.64. The maximum atomic E-state index is 13.0. The highest BCUT2D eigenvalue weighted by molar-refractivity contribution is 9.10. The number of carbonyl (C=O) groups is 3. The first-order valence-corrected chi connectivity index (χ1v) is 10.1. The van der Waals surface area contributed by atoms with Crippen molar-refractivity contribution in [2.24, 2.45) is 0 Å². The van der Waals surface area contributed by atoms with Gasteiger partial charge in [-0.25, -0.2) is 0 Å². The molecule has 1 aromatic heterocycles. The largest absolute Gasteiger partial charge is 0.545 e. The van der Waals surface area contributed by atoms with Gasteiger partial charge in [0.15, 0.2) is 5.11 Å². The number of hydrogen-bond acceptors (Lipinski definition) is 6. The van der Waals surface area contributed by atoms with Crippen LogP contribution in [-0.2, 0) is 9.59 Å². The van der Waals surface area contributed by atoms with Crippen LogP contribution in [0.4, 0.5) is 5.69 Å². The summed E-state index contributed by atoms with van der Waals surface area (Å²) in [5.41, 5.74) is 1.04. The van der Waals surface area contributed by atoms with Crippen molar-refractivity contribution in [1.29, 1.82) is 0 Å². The summed E-state index contributed by atoms with van der Waals surface area (Å²) in [6, 6.07) is 16.2. The molecule has 0 spiro atoms. The number of benzene rings is 2. The first-order valence-electron chi connectivity index (χ1n) is 8.92. The molecular formula is C22H12BrN2O5S-. The Morgan fingerprint density at radius 1 is 1.10 bits per heavy atom. The zero-order valence-electron chi connectivity index (χ0n) is 15.6. The van der Waals surface area contributed by atoms with Gasteiger partial charge in [0.25, 0.3) is 11.8 Å². The number of anilines is 1. The second-order valence-corrected chi connectivity index (χ2v) is 7.81. The predicted molar refractivity (Wildman–Crippen MR) is 119 cm³/mol. The van der Waals surface area contributed by atoms with Crippen LogP contribution in [0.3, 0.4) is 0 Å². The Bertz CT molecular complexity index is 1260. The molecule has 0 aliphatic carbocycles. The van der Waals surface area contributed by atoms with Crippen molar-refractivity contribution in [1.82, 2.24) is 5.32 Å². The number of nitrogens with one attached hydrogen (secondary N) is 1. The summed E-state index contributed by atoms with van der Waals surface area (Å²) in [6.07, 6.45) is 1.34. The van der Waals surface area contributed by atoms with E-state index in [1.54, 1.807) is 48.5 Å². The Morgan fingerprint density at radius 2 is 1.84 bits per heavy atom. The molecule has 1 aliphatic rings. The van der Waals surface area contributed by atoms with E-state index in [4.69, 9.17) is 16.6 Å². The quantitative estimate of drug-likeness (QED) is 0.339. The van der Waals surface area contributed by atoms with Crippen LogP contribution in [0.15, 0.2) is 75.1 Å². The summed E-state index contributed by atoms with van der Waals surface area (Å²) in [4.78, 5) is 37.6. The fourth-order valence-corrected chi connectivity index (χ4v) is 3.67. The number of carbonyl (C=O) groups excluding carboxylic acids is 3. The predicted octanol–water partition coefficient (Wildman–Crippen LogP) is 2.90. The van der Waals surface area contributed by atoms with E-state index in [9.17, 15) is 19.5 Å². The minimum absolute atomic E-state index is 0.0154. The Kier molecular flexibility index (Phi) is 5.53. The number of carboxylic acid groups (broad SMARTS) is 1. The zero-order chi connectivity index (χ0) is 22.1. The molecule has 0 unspecified atom stereocenters. The summed E-state index contributed by atoms with van der Waals surface area (Å²) in [6.45, 7) is 0. The van der Waals surface area contributed by atoms with Crippen molar-refractivity contribution >= 4 is 62.8 Å². The lowest BCUT2D eigenvalue weighted by Crippen LogP contribution is -2.54. The van der Waals surface area contributed by atoms with E-state index in [2.05, 4.69) is 21.2 Å². The van der Waals surface area contributed by atoms with E-state index in [-0.39, 0.29) is 22.0 Å². The molecule has 3 aromatic rings. The number of halogens is 1. The molecule has 9 heteroatoms. The number of hydrogen-bond donors (Lipinski definition) is 1. The maximum absolute atomic E-state index is 13.0. The minimum atomic E-state index is -1.27. The number of rotatable bonds is 4. The molecule has 0 radical (unpaired) electrons. The summed E-state index contributed by atoms with van der Waals surface area (Å²) in [5.74, 6) is -1.76. The fraction of sp³-hybridized carbons (Fsp3) is 0. The minimum Gasteiger partial charge on any atom is -0.545 e. The van der Waals surface area contributed by atoms with Crippen LogP contribution in [0.1, 0.15) is 16.1 Å². The van der Waals surface area contributed by atoms with Gasteiger partial charge < -0.3 is 14.3 Å². The molecule has 2 heterocycles. The molecule has 7 nitrogen and oxygen atoms in total. The summed E-state index contributed by atoms with van der Waals surface area (Å²) in [5, 5.41) is 13.4. The molecule has 4 rings (SSSR count). The van der Waals surface area contributed by atoms with E-state index < -0.39 is 17.8 Å². The van der Waals surface area contributed by atoms with Gasteiger partial charge in [-0.15, -0.1) is 0 Å². The summed E-state index contributed by atoms with van der Waals surface area (Å²) in [7, 11) is 0. The molecule has 1 N–H and O–H groups in total. The van der Waals surface area contributed by atoms with Crippen molar-refractivity contribution in [2.75, 3.05) is 4.90 Å². The molecule has 154 valence electrons. The molecule has 1 aliphatic heterocycles. The van der Waals surface area contributed by atoms with Gasteiger partial charge in [0.2, 0.25) is 0 Å². The number of aromatic carboxylic acids is 1. The van der Waals surface area contributed by atoms with Crippen LogP contribution in [0, 0.1) is 0 Å². The van der Waals surface area contributed by atoms with E-state index in [0.29, 0.717) is 17.0 Å². The van der Waals surface area contributed by atoms with Gasteiger partial charge in [-0.1, -0.05) is 46.3 Å². The van der Waals surface area contributed by atoms with Gasteiger partial charge in [0, 0.05) is 10.0 Å². The second kappa shape index (κ2) is 8.29. The average molecular weight is 496 g/mol. The third-order valence-corrected chi connectivity index (χ3v) is 5.26. The molecule has 0 bridgehead atoms. The lowest BCUT2D eigenvalue weighted by Gasteiger charge is -2.28. The van der Waals surface area contributed by atoms with Crippen LogP contribution < -0.4 is 15.3 Å². The molecule has 31 heavy (non-hydrogen) atoms. The molecule has 1 saturated heterocycles. The van der Waals surface area contributed by atoms with Crippen LogP contribution in [-0.4, -0.2) is 22.9 Å². The molecule has 0 saturated carbocycles. The van der Waals surface area contributed by atoms with Crippen molar-refractivity contribution in [3.63, 3.8) is 0 Å². The number of furan rings is 1. The SMILES string of the molecule is O=C1NC(=S)N(c2cccc(Br)c2)C(=O)/C1=C/c1ccc(-c2ccc(C(=O)[O-])cc2)o1. The zero-order valence-corrected chi connectivity index (χ0v) is 18.0. The summed E-state index contributed by atoms with van der Waals surface area (Å²) >= 11 is 8.53. The highest BCUT2D eigenvalue weighted by Crippen LogP contribution is 2.27. The third-order valence-electron chi connectivity index (χ3n) is 4.49. The van der Waals surface area contributed by atoms with Crippen molar-refractivity contribution in [3.8, 4) is 11.3 Å². The van der Waals surface area contributed by atoms with Crippen LogP contribution in [0.2, 0.25) is 0 Å². The molecular weight excluding hydrogens is 484 g/mol. The first-order chi connectivity index (χ1) is 14.8. The standard InChI is InChI=1S/C22H13BrN2O5S/c23-14-2-1-3-15(10-14)25-20(27)17(19(26)24-22(25)31)11-16-8-9-18(30-16)12-4-6-13(7-5-12)21(28)29/h1-11H,(H,28,29)(H,24,26,31)/p-1/b17-11+. The van der Waals surface area contributed by atoms with Gasteiger partial charge in [-0.3, -0.25) is 19.8 Å². The Morgan fingerprint density at radius 3 is 2.52 bits per heavy atom. The lowest BCUT2D eigenvalue weighted by atomic mass is 10.1. The van der Waals surface area contributed by atoms with Gasteiger partial charge in [0.05, 0.1) is 11.7 Å². The second-order valence-electron chi connectivity index (χ2n) is 6.50. The maximum Gasteiger partial charge on any atom is 0.270 e. The third kappa shape index (κ3) is 4.18.